The van der Waals surface area contributed by atoms with E-state index in [2.05, 4.69) is 25.8 Å². The first-order valence-electron chi connectivity index (χ1n) is 6.28. The van der Waals surface area contributed by atoms with Gasteiger partial charge < -0.3 is 15.2 Å². The molecule has 9 heteroatoms. The predicted octanol–water partition coefficient (Wildman–Crippen LogP) is 1.07. The second-order valence-corrected chi connectivity index (χ2v) is 5.34. The van der Waals surface area contributed by atoms with Gasteiger partial charge in [-0.05, 0) is 6.07 Å². The largest absolute Gasteiger partial charge is 0.353 e. The van der Waals surface area contributed by atoms with E-state index < -0.39 is 0 Å². The fourth-order valence-electron chi connectivity index (χ4n) is 2.00. The number of hydrogen-bond donors (Lipinski definition) is 2. The standard InChI is InChI=1S/C12H11Cl2N5O2/c13-6-3-7(14)10(17-5-6)11-18-9(21-19-11)4-8-12(20)16-2-1-15-8/h3,5,8,15H,1-2,4H2,(H,16,20). The molecule has 0 aromatic carbocycles. The molecule has 2 N–H and O–H groups in total. The summed E-state index contributed by atoms with van der Waals surface area (Å²) in [6.07, 6.45) is 1.76. The molecule has 1 atom stereocenters. The van der Waals surface area contributed by atoms with Gasteiger partial charge in [-0.25, -0.2) is 4.98 Å². The van der Waals surface area contributed by atoms with Crippen LogP contribution in [0, 0.1) is 0 Å². The monoisotopic (exact) mass is 327 g/mol. The summed E-state index contributed by atoms with van der Waals surface area (Å²) in [6.45, 7) is 1.33. The van der Waals surface area contributed by atoms with Crippen LogP contribution in [0.3, 0.4) is 0 Å². The summed E-state index contributed by atoms with van der Waals surface area (Å²) in [4.78, 5) is 19.9. The molecule has 110 valence electrons. The van der Waals surface area contributed by atoms with Crippen molar-refractivity contribution in [2.75, 3.05) is 13.1 Å². The van der Waals surface area contributed by atoms with Crippen LogP contribution in [0.5, 0.6) is 0 Å². The Balaban J connectivity index is 1.78. The summed E-state index contributed by atoms with van der Waals surface area (Å²) in [5, 5.41) is 10.4. The molecular formula is C12H11Cl2N5O2. The number of carbonyl (C=O) groups excluding carboxylic acids is 1. The average Bonchev–Trinajstić information content (AvgIpc) is 2.90. The van der Waals surface area contributed by atoms with Crippen molar-refractivity contribution in [2.24, 2.45) is 0 Å². The van der Waals surface area contributed by atoms with E-state index in [1.165, 1.54) is 6.20 Å². The number of carbonyl (C=O) groups is 1. The molecule has 2 aromatic heterocycles. The molecule has 2 aromatic rings. The number of nitrogens with one attached hydrogen (secondary N) is 2. The molecule has 3 rings (SSSR count). The molecule has 0 saturated carbocycles. The van der Waals surface area contributed by atoms with Crippen molar-refractivity contribution in [3.63, 3.8) is 0 Å². The van der Waals surface area contributed by atoms with Gasteiger partial charge in [0.25, 0.3) is 0 Å². The van der Waals surface area contributed by atoms with E-state index in [0.29, 0.717) is 41.1 Å². The maximum Gasteiger partial charge on any atom is 0.237 e. The Morgan fingerprint density at radius 3 is 3.00 bits per heavy atom. The number of pyridine rings is 1. The minimum Gasteiger partial charge on any atom is -0.353 e. The molecule has 0 spiro atoms. The Bertz CT molecular complexity index is 675. The number of aromatic nitrogens is 3. The van der Waals surface area contributed by atoms with Crippen molar-refractivity contribution in [3.05, 3.63) is 28.2 Å². The Labute approximate surface area is 130 Å². The predicted molar refractivity (Wildman–Crippen MR) is 76.1 cm³/mol. The molecule has 1 fully saturated rings. The van der Waals surface area contributed by atoms with E-state index in [1.54, 1.807) is 6.07 Å². The summed E-state index contributed by atoms with van der Waals surface area (Å²) in [7, 11) is 0. The lowest BCUT2D eigenvalue weighted by Gasteiger charge is -2.21. The number of nitrogens with zero attached hydrogens (tertiary/aromatic N) is 3. The smallest absolute Gasteiger partial charge is 0.237 e. The number of halogens is 2. The molecule has 7 nitrogen and oxygen atoms in total. The molecule has 21 heavy (non-hydrogen) atoms. The molecule has 0 radical (unpaired) electrons. The third-order valence-corrected chi connectivity index (χ3v) is 3.49. The summed E-state index contributed by atoms with van der Waals surface area (Å²) < 4.78 is 5.14. The van der Waals surface area contributed by atoms with Crippen LogP contribution in [0.1, 0.15) is 5.89 Å². The van der Waals surface area contributed by atoms with Crippen molar-refractivity contribution < 1.29 is 9.32 Å². The molecule has 0 aliphatic carbocycles. The third-order valence-electron chi connectivity index (χ3n) is 3.00. The lowest BCUT2D eigenvalue weighted by atomic mass is 10.1. The minimum atomic E-state index is -0.374. The molecular weight excluding hydrogens is 317 g/mol. The maximum atomic E-state index is 11.7. The van der Waals surface area contributed by atoms with Crippen molar-refractivity contribution in [1.82, 2.24) is 25.8 Å². The van der Waals surface area contributed by atoms with E-state index in [1.807, 2.05) is 0 Å². The van der Waals surface area contributed by atoms with Crippen LogP contribution in [0.15, 0.2) is 16.8 Å². The van der Waals surface area contributed by atoms with Gasteiger partial charge in [0.1, 0.15) is 5.69 Å². The Morgan fingerprint density at radius 2 is 2.24 bits per heavy atom. The molecule has 0 bridgehead atoms. The molecule has 1 aliphatic rings. The maximum absolute atomic E-state index is 11.7. The highest BCUT2D eigenvalue weighted by Gasteiger charge is 2.24. The minimum absolute atomic E-state index is 0.0800. The Hall–Kier alpha value is -1.70. The van der Waals surface area contributed by atoms with E-state index in [9.17, 15) is 4.79 Å². The summed E-state index contributed by atoms with van der Waals surface area (Å²) in [5.41, 5.74) is 0.386. The zero-order chi connectivity index (χ0) is 14.8. The summed E-state index contributed by atoms with van der Waals surface area (Å²) in [5.74, 6) is 0.527. The van der Waals surface area contributed by atoms with Gasteiger partial charge >= 0.3 is 0 Å². The van der Waals surface area contributed by atoms with Crippen molar-refractivity contribution in [1.29, 1.82) is 0 Å². The molecule has 1 saturated heterocycles. The number of amides is 1. The van der Waals surface area contributed by atoms with Crippen LogP contribution >= 0.6 is 23.2 Å². The highest BCUT2D eigenvalue weighted by atomic mass is 35.5. The second kappa shape index (κ2) is 5.97. The fourth-order valence-corrected chi connectivity index (χ4v) is 2.47. The van der Waals surface area contributed by atoms with Crippen LogP contribution in [0.25, 0.3) is 11.5 Å². The normalized spacial score (nSPS) is 18.6. The van der Waals surface area contributed by atoms with Crippen molar-refractivity contribution >= 4 is 29.1 Å². The van der Waals surface area contributed by atoms with Gasteiger partial charge in [-0.3, -0.25) is 4.79 Å². The molecule has 3 heterocycles. The summed E-state index contributed by atoms with van der Waals surface area (Å²) in [6, 6.07) is 1.18. The zero-order valence-electron chi connectivity index (χ0n) is 10.8. The number of piperazine rings is 1. The van der Waals surface area contributed by atoms with E-state index in [-0.39, 0.29) is 17.8 Å². The van der Waals surface area contributed by atoms with Gasteiger partial charge in [-0.2, -0.15) is 4.98 Å². The van der Waals surface area contributed by atoms with Crippen LogP contribution in [0.4, 0.5) is 0 Å². The van der Waals surface area contributed by atoms with Crippen LogP contribution in [-0.2, 0) is 11.2 Å². The highest BCUT2D eigenvalue weighted by Crippen LogP contribution is 2.25. The first-order chi connectivity index (χ1) is 10.1. The SMILES string of the molecule is O=C1NCCNC1Cc1nc(-c2ncc(Cl)cc2Cl)no1. The third kappa shape index (κ3) is 3.15. The Morgan fingerprint density at radius 1 is 1.38 bits per heavy atom. The van der Waals surface area contributed by atoms with Gasteiger partial charge in [0.05, 0.1) is 22.5 Å². The van der Waals surface area contributed by atoms with Gasteiger partial charge in [-0.1, -0.05) is 28.4 Å². The van der Waals surface area contributed by atoms with Gasteiger partial charge in [0, 0.05) is 19.3 Å². The number of hydrogen-bond acceptors (Lipinski definition) is 6. The highest BCUT2D eigenvalue weighted by molar-refractivity contribution is 6.35. The summed E-state index contributed by atoms with van der Waals surface area (Å²) >= 11 is 11.8. The van der Waals surface area contributed by atoms with E-state index in [0.717, 1.165) is 0 Å². The second-order valence-electron chi connectivity index (χ2n) is 4.50. The average molecular weight is 328 g/mol. The van der Waals surface area contributed by atoms with Gasteiger partial charge in [-0.15, -0.1) is 0 Å². The van der Waals surface area contributed by atoms with Gasteiger partial charge in [0.2, 0.25) is 17.6 Å². The topological polar surface area (TPSA) is 92.9 Å². The molecule has 1 amide bonds. The first kappa shape index (κ1) is 14.2. The number of rotatable bonds is 3. The van der Waals surface area contributed by atoms with Crippen LogP contribution in [-0.4, -0.2) is 40.2 Å². The van der Waals surface area contributed by atoms with Crippen LogP contribution < -0.4 is 10.6 Å². The van der Waals surface area contributed by atoms with Crippen LogP contribution in [0.2, 0.25) is 10.0 Å². The van der Waals surface area contributed by atoms with Crippen molar-refractivity contribution in [3.8, 4) is 11.5 Å². The molecule has 1 aliphatic heterocycles. The Kier molecular flexibility index (Phi) is 4.05. The van der Waals surface area contributed by atoms with Crippen molar-refractivity contribution in [2.45, 2.75) is 12.5 Å². The van der Waals surface area contributed by atoms with E-state index >= 15 is 0 Å². The fraction of sp³-hybridized carbons (Fsp3) is 0.333. The zero-order valence-corrected chi connectivity index (χ0v) is 12.3. The lowest BCUT2D eigenvalue weighted by molar-refractivity contribution is -0.124. The first-order valence-corrected chi connectivity index (χ1v) is 7.04. The van der Waals surface area contributed by atoms with E-state index in [4.69, 9.17) is 27.7 Å². The van der Waals surface area contributed by atoms with Gasteiger partial charge in [0.15, 0.2) is 0 Å². The molecule has 1 unspecified atom stereocenters. The lowest BCUT2D eigenvalue weighted by Crippen LogP contribution is -2.53. The quantitative estimate of drug-likeness (QED) is 0.875.